The maximum atomic E-state index is 13.0. The van der Waals surface area contributed by atoms with Gasteiger partial charge in [-0.05, 0) is 33.6 Å². The highest BCUT2D eigenvalue weighted by molar-refractivity contribution is 9.10. The third kappa shape index (κ3) is 2.63. The van der Waals surface area contributed by atoms with Gasteiger partial charge >= 0.3 is 0 Å². The molecule has 0 aliphatic carbocycles. The van der Waals surface area contributed by atoms with E-state index in [0.29, 0.717) is 24.0 Å². The molecule has 0 bridgehead atoms. The molecule has 2 nitrogen and oxygen atoms in total. The van der Waals surface area contributed by atoms with Gasteiger partial charge < -0.3 is 4.90 Å². The Morgan fingerprint density at radius 2 is 2.25 bits per heavy atom. The van der Waals surface area contributed by atoms with Crippen molar-refractivity contribution < 1.29 is 9.18 Å². The molecule has 1 unspecified atom stereocenters. The molecule has 5 heteroatoms. The van der Waals surface area contributed by atoms with E-state index in [9.17, 15) is 9.18 Å². The lowest BCUT2D eigenvalue weighted by atomic mass is 10.2. The minimum Gasteiger partial charge on any atom is -0.337 e. The van der Waals surface area contributed by atoms with Crippen molar-refractivity contribution in [2.24, 2.45) is 0 Å². The van der Waals surface area contributed by atoms with Crippen LogP contribution in [0.3, 0.4) is 0 Å². The van der Waals surface area contributed by atoms with Crippen LogP contribution in [0.5, 0.6) is 0 Å². The van der Waals surface area contributed by atoms with Crippen LogP contribution in [0.2, 0.25) is 0 Å². The maximum Gasteiger partial charge on any atom is 0.224 e. The summed E-state index contributed by atoms with van der Waals surface area (Å²) < 4.78 is 13.5. The lowest BCUT2D eigenvalue weighted by Crippen LogP contribution is -2.24. The van der Waals surface area contributed by atoms with Crippen LogP contribution in [0.15, 0.2) is 22.7 Å². The van der Waals surface area contributed by atoms with Crippen LogP contribution in [-0.2, 0) is 11.3 Å². The van der Waals surface area contributed by atoms with Crippen LogP contribution >= 0.6 is 31.9 Å². The molecule has 16 heavy (non-hydrogen) atoms. The normalized spacial score (nSPS) is 20.6. The van der Waals surface area contributed by atoms with E-state index >= 15 is 0 Å². The summed E-state index contributed by atoms with van der Waals surface area (Å²) in [6.07, 6.45) is 0.544. The molecule has 1 atom stereocenters. The Hall–Kier alpha value is -0.420. The predicted octanol–water partition coefficient (Wildman–Crippen LogP) is 3.08. The monoisotopic (exact) mass is 349 g/mol. The molecule has 0 aromatic heterocycles. The summed E-state index contributed by atoms with van der Waals surface area (Å²) in [5.74, 6) is -0.141. The zero-order valence-corrected chi connectivity index (χ0v) is 11.6. The van der Waals surface area contributed by atoms with Crippen molar-refractivity contribution in [3.8, 4) is 0 Å². The smallest absolute Gasteiger partial charge is 0.224 e. The van der Waals surface area contributed by atoms with Gasteiger partial charge in [-0.3, -0.25) is 4.79 Å². The van der Waals surface area contributed by atoms with Crippen molar-refractivity contribution in [1.82, 2.24) is 4.90 Å². The number of benzene rings is 1. The first-order valence-electron chi connectivity index (χ1n) is 4.92. The lowest BCUT2D eigenvalue weighted by molar-refractivity contribution is -0.128. The van der Waals surface area contributed by atoms with Crippen molar-refractivity contribution in [3.05, 3.63) is 34.1 Å². The summed E-state index contributed by atoms with van der Waals surface area (Å²) >= 11 is 6.56. The van der Waals surface area contributed by atoms with E-state index in [4.69, 9.17) is 0 Å². The first kappa shape index (κ1) is 12.0. The fraction of sp³-hybridized carbons (Fsp3) is 0.364. The lowest BCUT2D eigenvalue weighted by Gasteiger charge is -2.15. The van der Waals surface area contributed by atoms with E-state index in [1.807, 2.05) is 0 Å². The average molecular weight is 351 g/mol. The molecule has 86 valence electrons. The summed E-state index contributed by atoms with van der Waals surface area (Å²) in [5, 5.41) is 0. The van der Waals surface area contributed by atoms with E-state index in [2.05, 4.69) is 31.9 Å². The van der Waals surface area contributed by atoms with Gasteiger partial charge in [-0.1, -0.05) is 22.0 Å². The Balaban J connectivity index is 2.09. The molecule has 0 spiro atoms. The molecular formula is C11H10Br2FNO. The molecule has 1 amide bonds. The van der Waals surface area contributed by atoms with Gasteiger partial charge in [0.1, 0.15) is 5.82 Å². The fourth-order valence-corrected chi connectivity index (χ4v) is 2.79. The standard InChI is InChI=1S/C11H10Br2FNO/c12-8-4-11(16)15(6-8)5-7-1-2-10(14)9(13)3-7/h1-3,8H,4-6H2. The summed E-state index contributed by atoms with van der Waals surface area (Å²) in [7, 11) is 0. The number of amides is 1. The Labute approximate surface area is 110 Å². The second-order valence-electron chi connectivity index (χ2n) is 3.82. The first-order valence-corrected chi connectivity index (χ1v) is 6.63. The summed E-state index contributed by atoms with van der Waals surface area (Å²) in [6.45, 7) is 1.26. The van der Waals surface area contributed by atoms with Crippen molar-refractivity contribution in [1.29, 1.82) is 0 Å². The molecule has 1 fully saturated rings. The van der Waals surface area contributed by atoms with Gasteiger partial charge in [0.2, 0.25) is 5.91 Å². The van der Waals surface area contributed by atoms with Crippen LogP contribution in [0, 0.1) is 5.82 Å². The molecule has 1 aliphatic rings. The van der Waals surface area contributed by atoms with E-state index < -0.39 is 0 Å². The number of hydrogen-bond acceptors (Lipinski definition) is 1. The minimum atomic E-state index is -0.283. The van der Waals surface area contributed by atoms with Gasteiger partial charge in [0.15, 0.2) is 0 Å². The van der Waals surface area contributed by atoms with Gasteiger partial charge in [0.25, 0.3) is 0 Å². The Kier molecular flexibility index (Phi) is 3.64. The highest BCUT2D eigenvalue weighted by atomic mass is 79.9. The van der Waals surface area contributed by atoms with E-state index in [-0.39, 0.29) is 16.6 Å². The zero-order chi connectivity index (χ0) is 11.7. The Morgan fingerprint density at radius 3 is 2.81 bits per heavy atom. The minimum absolute atomic E-state index is 0.141. The SMILES string of the molecule is O=C1CC(Br)CN1Cc1ccc(F)c(Br)c1. The highest BCUT2D eigenvalue weighted by Crippen LogP contribution is 2.22. The molecule has 0 radical (unpaired) electrons. The molecular weight excluding hydrogens is 341 g/mol. The molecule has 1 aliphatic heterocycles. The molecule has 0 N–H and O–H groups in total. The van der Waals surface area contributed by atoms with Crippen LogP contribution < -0.4 is 0 Å². The Morgan fingerprint density at radius 1 is 1.50 bits per heavy atom. The van der Waals surface area contributed by atoms with Crippen LogP contribution in [0.1, 0.15) is 12.0 Å². The van der Waals surface area contributed by atoms with Gasteiger partial charge in [-0.2, -0.15) is 0 Å². The number of rotatable bonds is 2. The van der Waals surface area contributed by atoms with Gasteiger partial charge in [0.05, 0.1) is 4.47 Å². The van der Waals surface area contributed by atoms with Crippen molar-refractivity contribution in [2.45, 2.75) is 17.8 Å². The number of nitrogens with zero attached hydrogens (tertiary/aromatic N) is 1. The number of halogens is 3. The van der Waals surface area contributed by atoms with Crippen LogP contribution in [-0.4, -0.2) is 22.2 Å². The second kappa shape index (κ2) is 4.84. The first-order chi connectivity index (χ1) is 7.56. The van der Waals surface area contributed by atoms with Crippen molar-refractivity contribution in [2.75, 3.05) is 6.54 Å². The van der Waals surface area contributed by atoms with E-state index in [1.54, 1.807) is 17.0 Å². The van der Waals surface area contributed by atoms with E-state index in [0.717, 1.165) is 5.56 Å². The van der Waals surface area contributed by atoms with Gasteiger partial charge in [-0.25, -0.2) is 4.39 Å². The van der Waals surface area contributed by atoms with Gasteiger partial charge in [0, 0.05) is 24.3 Å². The summed E-state index contributed by atoms with van der Waals surface area (Å²) in [4.78, 5) is 13.6. The van der Waals surface area contributed by atoms with E-state index in [1.165, 1.54) is 6.07 Å². The summed E-state index contributed by atoms with van der Waals surface area (Å²) in [6, 6.07) is 4.82. The van der Waals surface area contributed by atoms with Crippen LogP contribution in [0.4, 0.5) is 4.39 Å². The highest BCUT2D eigenvalue weighted by Gasteiger charge is 2.27. The topological polar surface area (TPSA) is 20.3 Å². The molecule has 0 saturated carbocycles. The summed E-state index contributed by atoms with van der Waals surface area (Å²) in [5.41, 5.74) is 0.934. The third-order valence-corrected chi connectivity index (χ3v) is 3.75. The number of likely N-dealkylation sites (tertiary alicyclic amines) is 1. The molecule has 1 aromatic rings. The number of carbonyl (C=O) groups is 1. The number of hydrogen-bond donors (Lipinski definition) is 0. The Bertz CT molecular complexity index is 424. The number of carbonyl (C=O) groups excluding carboxylic acids is 1. The molecule has 1 aromatic carbocycles. The molecule has 1 heterocycles. The second-order valence-corrected chi connectivity index (χ2v) is 5.97. The molecule has 1 saturated heterocycles. The zero-order valence-electron chi connectivity index (χ0n) is 8.42. The van der Waals surface area contributed by atoms with Gasteiger partial charge in [-0.15, -0.1) is 0 Å². The molecule has 2 rings (SSSR count). The quantitative estimate of drug-likeness (QED) is 0.750. The van der Waals surface area contributed by atoms with Crippen LogP contribution in [0.25, 0.3) is 0 Å². The van der Waals surface area contributed by atoms with Crippen molar-refractivity contribution >= 4 is 37.8 Å². The maximum absolute atomic E-state index is 13.0. The largest absolute Gasteiger partial charge is 0.337 e. The average Bonchev–Trinajstić information content (AvgIpc) is 2.51. The third-order valence-electron chi connectivity index (χ3n) is 2.52. The predicted molar refractivity (Wildman–Crippen MR) is 66.8 cm³/mol. The van der Waals surface area contributed by atoms with Crippen molar-refractivity contribution in [3.63, 3.8) is 0 Å². The number of alkyl halides is 1. The fourth-order valence-electron chi connectivity index (χ4n) is 1.74.